The molecule has 1 aliphatic rings. The second-order valence-electron chi connectivity index (χ2n) is 6.79. The Bertz CT molecular complexity index is 1180. The molecular formula is C19H17ClFN7. The quantitative estimate of drug-likeness (QED) is 0.518. The van der Waals surface area contributed by atoms with Gasteiger partial charge in [-0.15, -0.1) is 0 Å². The van der Waals surface area contributed by atoms with Gasteiger partial charge in [0.1, 0.15) is 17.7 Å². The van der Waals surface area contributed by atoms with E-state index in [1.54, 1.807) is 16.6 Å². The number of aromatic nitrogens is 5. The third-order valence-electron chi connectivity index (χ3n) is 5.08. The van der Waals surface area contributed by atoms with E-state index >= 15 is 4.39 Å². The predicted octanol–water partition coefficient (Wildman–Crippen LogP) is 3.10. The number of hydrogen-bond acceptors (Lipinski definition) is 6. The summed E-state index contributed by atoms with van der Waals surface area (Å²) < 4.78 is 16.8. The van der Waals surface area contributed by atoms with Gasteiger partial charge in [-0.3, -0.25) is 4.98 Å². The standard InChI is InChI=1S/C19H17ClFN7/c1-12-10-16(28-19(25-12)23-11-24-28)27-8-6-26(7-9-27)15-3-2-13-14(20)4-5-22-18(13)17(15)21/h2-5,10-11H,6-9H2,1H3. The predicted molar refractivity (Wildman–Crippen MR) is 107 cm³/mol. The molecule has 0 atom stereocenters. The number of hydrogen-bond donors (Lipinski definition) is 0. The molecule has 1 fully saturated rings. The molecule has 28 heavy (non-hydrogen) atoms. The number of halogens is 2. The van der Waals surface area contributed by atoms with Crippen LogP contribution in [0, 0.1) is 12.7 Å². The van der Waals surface area contributed by atoms with Crippen molar-refractivity contribution in [2.24, 2.45) is 0 Å². The Morgan fingerprint density at radius 2 is 1.82 bits per heavy atom. The van der Waals surface area contributed by atoms with Gasteiger partial charge >= 0.3 is 0 Å². The first kappa shape index (κ1) is 17.1. The molecule has 0 N–H and O–H groups in total. The van der Waals surface area contributed by atoms with Crippen LogP contribution < -0.4 is 9.80 Å². The van der Waals surface area contributed by atoms with Crippen LogP contribution in [-0.2, 0) is 0 Å². The topological polar surface area (TPSA) is 62.5 Å². The Kier molecular flexibility index (Phi) is 4.01. The van der Waals surface area contributed by atoms with Gasteiger partial charge in [0.05, 0.1) is 10.7 Å². The molecule has 0 spiro atoms. The van der Waals surface area contributed by atoms with E-state index in [9.17, 15) is 0 Å². The summed E-state index contributed by atoms with van der Waals surface area (Å²) in [6, 6.07) is 7.29. The third-order valence-corrected chi connectivity index (χ3v) is 5.41. The highest BCUT2D eigenvalue weighted by molar-refractivity contribution is 6.35. The molecule has 0 unspecified atom stereocenters. The fraction of sp³-hybridized carbons (Fsp3) is 0.263. The van der Waals surface area contributed by atoms with Crippen LogP contribution in [0.2, 0.25) is 5.02 Å². The molecule has 0 bridgehead atoms. The van der Waals surface area contributed by atoms with Gasteiger partial charge in [0, 0.05) is 49.5 Å². The zero-order chi connectivity index (χ0) is 19.3. The normalized spacial score (nSPS) is 15.0. The Balaban J connectivity index is 1.42. The van der Waals surface area contributed by atoms with Gasteiger partial charge in [-0.05, 0) is 25.1 Å². The summed E-state index contributed by atoms with van der Waals surface area (Å²) in [4.78, 5) is 17.0. The van der Waals surface area contributed by atoms with Gasteiger partial charge in [-0.2, -0.15) is 14.6 Å². The maximum Gasteiger partial charge on any atom is 0.254 e. The number of nitrogens with zero attached hydrogens (tertiary/aromatic N) is 7. The molecule has 1 aromatic carbocycles. The summed E-state index contributed by atoms with van der Waals surface area (Å²) in [5.74, 6) is 1.21. The van der Waals surface area contributed by atoms with Gasteiger partial charge in [0.2, 0.25) is 0 Å². The average Bonchev–Trinajstić information content (AvgIpc) is 3.17. The van der Waals surface area contributed by atoms with E-state index < -0.39 is 0 Å². The highest BCUT2D eigenvalue weighted by Gasteiger charge is 2.23. The van der Waals surface area contributed by atoms with Crippen molar-refractivity contribution >= 4 is 39.8 Å². The van der Waals surface area contributed by atoms with Crippen molar-refractivity contribution in [2.45, 2.75) is 6.92 Å². The summed E-state index contributed by atoms with van der Waals surface area (Å²) in [6.45, 7) is 4.77. The second kappa shape index (κ2) is 6.56. The first-order valence-electron chi connectivity index (χ1n) is 9.02. The van der Waals surface area contributed by atoms with Gasteiger partial charge in [0.15, 0.2) is 5.82 Å². The van der Waals surface area contributed by atoms with Crippen molar-refractivity contribution in [3.63, 3.8) is 0 Å². The van der Waals surface area contributed by atoms with E-state index in [1.165, 1.54) is 12.5 Å². The molecule has 1 aliphatic heterocycles. The van der Waals surface area contributed by atoms with E-state index in [2.05, 4.69) is 25.0 Å². The lowest BCUT2D eigenvalue weighted by Crippen LogP contribution is -2.47. The molecule has 4 aromatic rings. The summed E-state index contributed by atoms with van der Waals surface area (Å²) in [7, 11) is 0. The molecule has 0 amide bonds. The monoisotopic (exact) mass is 397 g/mol. The number of rotatable bonds is 2. The third kappa shape index (κ3) is 2.72. The lowest BCUT2D eigenvalue weighted by atomic mass is 10.1. The SMILES string of the molecule is Cc1cc(N2CCN(c3ccc4c(Cl)ccnc4c3F)CC2)n2ncnc2n1. The summed E-state index contributed by atoms with van der Waals surface area (Å²) >= 11 is 6.16. The second-order valence-corrected chi connectivity index (χ2v) is 7.20. The van der Waals surface area contributed by atoms with Crippen molar-refractivity contribution < 1.29 is 4.39 Å². The highest BCUT2D eigenvalue weighted by Crippen LogP contribution is 2.31. The van der Waals surface area contributed by atoms with Gasteiger partial charge in [-0.25, -0.2) is 9.37 Å². The van der Waals surface area contributed by atoms with Gasteiger partial charge in [0.25, 0.3) is 5.78 Å². The van der Waals surface area contributed by atoms with Crippen LogP contribution in [0.3, 0.4) is 0 Å². The van der Waals surface area contributed by atoms with E-state index in [0.717, 1.165) is 24.6 Å². The average molecular weight is 398 g/mol. The Hall–Kier alpha value is -3.00. The van der Waals surface area contributed by atoms with Crippen LogP contribution in [-0.4, -0.2) is 50.7 Å². The molecule has 3 aromatic heterocycles. The first-order chi connectivity index (χ1) is 13.6. The van der Waals surface area contributed by atoms with Gasteiger partial charge in [-0.1, -0.05) is 11.6 Å². The lowest BCUT2D eigenvalue weighted by Gasteiger charge is -2.37. The van der Waals surface area contributed by atoms with Crippen LogP contribution in [0.25, 0.3) is 16.7 Å². The smallest absolute Gasteiger partial charge is 0.254 e. The maximum atomic E-state index is 15.1. The van der Waals surface area contributed by atoms with E-state index in [1.807, 2.05) is 24.0 Å². The molecule has 7 nitrogen and oxygen atoms in total. The minimum atomic E-state index is -0.327. The fourth-order valence-corrected chi connectivity index (χ4v) is 3.91. The van der Waals surface area contributed by atoms with E-state index in [0.29, 0.717) is 40.5 Å². The zero-order valence-corrected chi connectivity index (χ0v) is 15.9. The maximum absolute atomic E-state index is 15.1. The molecule has 0 radical (unpaired) electrons. The first-order valence-corrected chi connectivity index (χ1v) is 9.39. The van der Waals surface area contributed by atoms with E-state index in [-0.39, 0.29) is 5.82 Å². The fourth-order valence-electron chi connectivity index (χ4n) is 3.70. The molecule has 4 heterocycles. The van der Waals surface area contributed by atoms with Gasteiger partial charge < -0.3 is 9.80 Å². The minimum absolute atomic E-state index is 0.307. The molecule has 5 rings (SSSR count). The lowest BCUT2D eigenvalue weighted by molar-refractivity contribution is 0.599. The molecule has 9 heteroatoms. The van der Waals surface area contributed by atoms with Crippen LogP contribution in [0.4, 0.5) is 15.9 Å². The molecule has 0 saturated carbocycles. The van der Waals surface area contributed by atoms with Crippen LogP contribution in [0.1, 0.15) is 5.69 Å². The van der Waals surface area contributed by atoms with Crippen LogP contribution in [0.15, 0.2) is 36.8 Å². The number of piperazine rings is 1. The number of aryl methyl sites for hydroxylation is 1. The van der Waals surface area contributed by atoms with Crippen LogP contribution in [0.5, 0.6) is 0 Å². The minimum Gasteiger partial charge on any atom is -0.366 e. The zero-order valence-electron chi connectivity index (χ0n) is 15.2. The van der Waals surface area contributed by atoms with Crippen LogP contribution >= 0.6 is 11.6 Å². The molecule has 0 aliphatic carbocycles. The molecule has 142 valence electrons. The highest BCUT2D eigenvalue weighted by atomic mass is 35.5. The number of anilines is 2. The number of benzene rings is 1. The summed E-state index contributed by atoms with van der Waals surface area (Å²) in [6.07, 6.45) is 3.04. The summed E-state index contributed by atoms with van der Waals surface area (Å²) in [5, 5.41) is 5.41. The molecule has 1 saturated heterocycles. The van der Waals surface area contributed by atoms with Crippen molar-refractivity contribution in [2.75, 3.05) is 36.0 Å². The van der Waals surface area contributed by atoms with Crippen molar-refractivity contribution in [1.82, 2.24) is 24.6 Å². The molecular weight excluding hydrogens is 381 g/mol. The number of pyridine rings is 1. The summed E-state index contributed by atoms with van der Waals surface area (Å²) in [5.41, 5.74) is 1.75. The Labute approximate surface area is 165 Å². The van der Waals surface area contributed by atoms with Crippen molar-refractivity contribution in [1.29, 1.82) is 0 Å². The van der Waals surface area contributed by atoms with Crippen molar-refractivity contribution in [3.8, 4) is 0 Å². The van der Waals surface area contributed by atoms with E-state index in [4.69, 9.17) is 11.6 Å². The Morgan fingerprint density at radius 3 is 2.64 bits per heavy atom. The van der Waals surface area contributed by atoms with Crippen molar-refractivity contribution in [3.05, 3.63) is 53.3 Å². The Morgan fingerprint density at radius 1 is 1.04 bits per heavy atom. The number of fused-ring (bicyclic) bond motifs is 2. The largest absolute Gasteiger partial charge is 0.366 e.